The molecule has 1 aromatic heterocycles. The van der Waals surface area contributed by atoms with Gasteiger partial charge in [-0.1, -0.05) is 38.3 Å². The van der Waals surface area contributed by atoms with Crippen LogP contribution in [0.1, 0.15) is 50.5 Å². The molecule has 0 spiro atoms. The van der Waals surface area contributed by atoms with Crippen LogP contribution < -0.4 is 5.32 Å². The fourth-order valence-electron chi connectivity index (χ4n) is 1.65. The molecule has 0 bridgehead atoms. The molecule has 100 valence electrons. The van der Waals surface area contributed by atoms with Crippen LogP contribution in [0.5, 0.6) is 0 Å². The molecule has 0 aliphatic heterocycles. The normalized spacial score (nSPS) is 12.5. The Bertz CT molecular complexity index is 396. The first-order valence-electron chi connectivity index (χ1n) is 6.27. The van der Waals surface area contributed by atoms with Crippen molar-refractivity contribution in [2.24, 2.45) is 5.92 Å². The quantitative estimate of drug-likeness (QED) is 0.863. The van der Waals surface area contributed by atoms with Gasteiger partial charge in [-0.15, -0.1) is 0 Å². The van der Waals surface area contributed by atoms with Crippen molar-refractivity contribution < 1.29 is 4.79 Å². The largest absolute Gasteiger partial charge is 0.348 e. The lowest BCUT2D eigenvalue weighted by Crippen LogP contribution is -2.33. The summed E-state index contributed by atoms with van der Waals surface area (Å²) in [4.78, 5) is 19.6. The highest BCUT2D eigenvalue weighted by Crippen LogP contribution is 2.09. The van der Waals surface area contributed by atoms with E-state index < -0.39 is 0 Å². The first-order valence-corrected chi connectivity index (χ1v) is 6.65. The lowest BCUT2D eigenvalue weighted by Gasteiger charge is -2.14. The van der Waals surface area contributed by atoms with Gasteiger partial charge in [0.2, 0.25) is 0 Å². The van der Waals surface area contributed by atoms with Crippen molar-refractivity contribution in [2.45, 2.75) is 46.1 Å². The second kappa shape index (κ2) is 7.31. The molecule has 0 aromatic carbocycles. The van der Waals surface area contributed by atoms with E-state index in [4.69, 9.17) is 11.6 Å². The van der Waals surface area contributed by atoms with E-state index in [1.165, 1.54) is 18.8 Å². The van der Waals surface area contributed by atoms with E-state index in [0.29, 0.717) is 5.92 Å². The van der Waals surface area contributed by atoms with Crippen LogP contribution in [-0.4, -0.2) is 21.9 Å². The third-order valence-electron chi connectivity index (χ3n) is 2.63. The van der Waals surface area contributed by atoms with Crippen molar-refractivity contribution in [2.75, 3.05) is 0 Å². The maximum absolute atomic E-state index is 11.8. The number of nitrogens with one attached hydrogen (secondary N) is 1. The van der Waals surface area contributed by atoms with Crippen molar-refractivity contribution in [1.82, 2.24) is 15.3 Å². The summed E-state index contributed by atoms with van der Waals surface area (Å²) in [6, 6.07) is 0.136. The molecular formula is C13H20ClN3O. The average Bonchev–Trinajstić information content (AvgIpc) is 2.28. The molecule has 0 saturated carbocycles. The molecule has 0 saturated heterocycles. The minimum atomic E-state index is -0.220. The van der Waals surface area contributed by atoms with Crippen LogP contribution in [0, 0.1) is 5.92 Å². The summed E-state index contributed by atoms with van der Waals surface area (Å²) in [5, 5.41) is 3.13. The summed E-state index contributed by atoms with van der Waals surface area (Å²) in [5.41, 5.74) is 0.262. The van der Waals surface area contributed by atoms with Crippen LogP contribution in [0.4, 0.5) is 0 Å². The SMILES string of the molecule is CC(C)CCCC(C)NC(=O)c1cncc(Cl)n1. The Labute approximate surface area is 113 Å². The zero-order chi connectivity index (χ0) is 13.5. The maximum atomic E-state index is 11.8. The van der Waals surface area contributed by atoms with Crippen molar-refractivity contribution in [1.29, 1.82) is 0 Å². The van der Waals surface area contributed by atoms with Crippen LogP contribution in [0.2, 0.25) is 5.15 Å². The van der Waals surface area contributed by atoms with E-state index in [1.54, 1.807) is 0 Å². The Morgan fingerprint density at radius 1 is 1.33 bits per heavy atom. The zero-order valence-corrected chi connectivity index (χ0v) is 11.9. The van der Waals surface area contributed by atoms with E-state index in [1.807, 2.05) is 6.92 Å². The first kappa shape index (κ1) is 14.9. The minimum Gasteiger partial charge on any atom is -0.348 e. The van der Waals surface area contributed by atoms with Crippen LogP contribution in [0.3, 0.4) is 0 Å². The van der Waals surface area contributed by atoms with Gasteiger partial charge in [0.05, 0.1) is 12.4 Å². The van der Waals surface area contributed by atoms with Crippen molar-refractivity contribution in [3.05, 3.63) is 23.2 Å². The smallest absolute Gasteiger partial charge is 0.271 e. The van der Waals surface area contributed by atoms with E-state index >= 15 is 0 Å². The molecule has 4 nitrogen and oxygen atoms in total. The molecule has 0 fully saturated rings. The Kier molecular flexibility index (Phi) is 6.05. The fraction of sp³-hybridized carbons (Fsp3) is 0.615. The van der Waals surface area contributed by atoms with Crippen LogP contribution in [-0.2, 0) is 0 Å². The molecule has 0 aliphatic rings. The third-order valence-corrected chi connectivity index (χ3v) is 2.82. The fourth-order valence-corrected chi connectivity index (χ4v) is 1.80. The van der Waals surface area contributed by atoms with Crippen LogP contribution >= 0.6 is 11.6 Å². The van der Waals surface area contributed by atoms with E-state index in [2.05, 4.69) is 29.1 Å². The number of hydrogen-bond donors (Lipinski definition) is 1. The monoisotopic (exact) mass is 269 g/mol. The molecule has 1 heterocycles. The van der Waals surface area contributed by atoms with Gasteiger partial charge in [-0.05, 0) is 19.3 Å². The summed E-state index contributed by atoms with van der Waals surface area (Å²) in [5.74, 6) is 0.480. The van der Waals surface area contributed by atoms with Gasteiger partial charge in [0, 0.05) is 6.04 Å². The predicted octanol–water partition coefficient (Wildman–Crippen LogP) is 3.07. The number of nitrogens with zero attached hydrogens (tertiary/aromatic N) is 2. The second-order valence-electron chi connectivity index (χ2n) is 4.93. The molecule has 1 atom stereocenters. The van der Waals surface area contributed by atoms with Gasteiger partial charge in [-0.3, -0.25) is 9.78 Å². The topological polar surface area (TPSA) is 54.9 Å². The van der Waals surface area contributed by atoms with Gasteiger partial charge >= 0.3 is 0 Å². The lowest BCUT2D eigenvalue weighted by atomic mass is 10.0. The van der Waals surface area contributed by atoms with Crippen LogP contribution in [0.15, 0.2) is 12.4 Å². The highest BCUT2D eigenvalue weighted by molar-refractivity contribution is 6.29. The number of aromatic nitrogens is 2. The van der Waals surface area contributed by atoms with Gasteiger partial charge in [0.1, 0.15) is 10.8 Å². The van der Waals surface area contributed by atoms with E-state index in [9.17, 15) is 4.79 Å². The Morgan fingerprint density at radius 3 is 2.67 bits per heavy atom. The van der Waals surface area contributed by atoms with Gasteiger partial charge in [0.25, 0.3) is 5.91 Å². The van der Waals surface area contributed by atoms with Crippen LogP contribution in [0.25, 0.3) is 0 Å². The number of carbonyl (C=O) groups is 1. The highest BCUT2D eigenvalue weighted by atomic mass is 35.5. The number of halogens is 1. The number of hydrogen-bond acceptors (Lipinski definition) is 3. The van der Waals surface area contributed by atoms with Gasteiger partial charge in [-0.2, -0.15) is 0 Å². The Morgan fingerprint density at radius 2 is 2.06 bits per heavy atom. The molecular weight excluding hydrogens is 250 g/mol. The molecule has 1 N–H and O–H groups in total. The summed E-state index contributed by atoms with van der Waals surface area (Å²) >= 11 is 5.69. The predicted molar refractivity (Wildman–Crippen MR) is 72.7 cm³/mol. The lowest BCUT2D eigenvalue weighted by molar-refractivity contribution is 0.0932. The maximum Gasteiger partial charge on any atom is 0.271 e. The second-order valence-corrected chi connectivity index (χ2v) is 5.31. The Balaban J connectivity index is 2.40. The first-order chi connectivity index (χ1) is 8.49. The number of amides is 1. The summed E-state index contributed by atoms with van der Waals surface area (Å²) in [6.07, 6.45) is 6.09. The molecule has 1 unspecified atom stereocenters. The molecule has 0 aliphatic carbocycles. The molecule has 1 aromatic rings. The Hall–Kier alpha value is -1.16. The number of carbonyl (C=O) groups excluding carboxylic acids is 1. The highest BCUT2D eigenvalue weighted by Gasteiger charge is 2.11. The molecule has 1 amide bonds. The van der Waals surface area contributed by atoms with Crippen molar-refractivity contribution in [3.8, 4) is 0 Å². The van der Waals surface area contributed by atoms with Gasteiger partial charge in [-0.25, -0.2) is 4.98 Å². The average molecular weight is 270 g/mol. The van der Waals surface area contributed by atoms with E-state index in [-0.39, 0.29) is 22.8 Å². The number of rotatable bonds is 6. The van der Waals surface area contributed by atoms with Gasteiger partial charge < -0.3 is 5.32 Å². The molecule has 5 heteroatoms. The summed E-state index contributed by atoms with van der Waals surface area (Å²) < 4.78 is 0. The summed E-state index contributed by atoms with van der Waals surface area (Å²) in [7, 11) is 0. The van der Waals surface area contributed by atoms with Crippen molar-refractivity contribution in [3.63, 3.8) is 0 Å². The molecule has 0 radical (unpaired) electrons. The van der Waals surface area contributed by atoms with Crippen molar-refractivity contribution >= 4 is 17.5 Å². The van der Waals surface area contributed by atoms with Gasteiger partial charge in [0.15, 0.2) is 0 Å². The standard InChI is InChI=1S/C13H20ClN3O/c1-9(2)5-4-6-10(3)16-13(18)11-7-15-8-12(14)17-11/h7-10H,4-6H2,1-3H3,(H,16,18). The van der Waals surface area contributed by atoms with E-state index in [0.717, 1.165) is 12.8 Å². The molecule has 18 heavy (non-hydrogen) atoms. The third kappa shape index (κ3) is 5.45. The molecule has 1 rings (SSSR count). The minimum absolute atomic E-state index is 0.136. The zero-order valence-electron chi connectivity index (χ0n) is 11.1. The summed E-state index contributed by atoms with van der Waals surface area (Å²) in [6.45, 7) is 6.39.